The second kappa shape index (κ2) is 7.94. The highest BCUT2D eigenvalue weighted by Crippen LogP contribution is 2.36. The van der Waals surface area contributed by atoms with Crippen LogP contribution in [0.5, 0.6) is 0 Å². The van der Waals surface area contributed by atoms with Crippen molar-refractivity contribution in [2.45, 2.75) is 20.4 Å². The molecule has 0 fully saturated rings. The number of aromatic amines is 1. The predicted octanol–water partition coefficient (Wildman–Crippen LogP) is 4.98. The highest BCUT2D eigenvalue weighted by atomic mass is 19.1. The van der Waals surface area contributed by atoms with Crippen LogP contribution in [0.2, 0.25) is 0 Å². The number of halogens is 1. The second-order valence-electron chi connectivity index (χ2n) is 7.82. The number of carbonyl (C=O) groups is 2. The number of hydrogen-bond donors (Lipinski definition) is 4. The molecule has 0 aliphatic carbocycles. The number of nitrogens with zero attached hydrogens (tertiary/aromatic N) is 1. The molecule has 1 aliphatic rings. The summed E-state index contributed by atoms with van der Waals surface area (Å²) in [5, 5.41) is 7.98. The highest BCUT2D eigenvalue weighted by Gasteiger charge is 2.28. The van der Waals surface area contributed by atoms with Crippen molar-refractivity contribution in [2.75, 3.05) is 10.6 Å². The molecule has 0 saturated carbocycles. The molecule has 1 aliphatic heterocycles. The van der Waals surface area contributed by atoms with Crippen molar-refractivity contribution in [3.8, 4) is 22.5 Å². The number of hydrogen-bond acceptors (Lipinski definition) is 4. The number of urea groups is 1. The van der Waals surface area contributed by atoms with Crippen molar-refractivity contribution in [3.05, 3.63) is 77.1 Å². The van der Waals surface area contributed by atoms with Gasteiger partial charge in [-0.05, 0) is 55.3 Å². The van der Waals surface area contributed by atoms with Crippen molar-refractivity contribution in [2.24, 2.45) is 0 Å². The third kappa shape index (κ3) is 3.73. The van der Waals surface area contributed by atoms with Gasteiger partial charge in [-0.2, -0.15) is 0 Å². The topological polar surface area (TPSA) is 112 Å². The molecule has 5 rings (SSSR count). The molecule has 9 heteroatoms. The van der Waals surface area contributed by atoms with E-state index in [-0.39, 0.29) is 11.6 Å². The normalized spacial score (nSPS) is 12.4. The van der Waals surface area contributed by atoms with Gasteiger partial charge in [-0.3, -0.25) is 10.1 Å². The molecule has 33 heavy (non-hydrogen) atoms. The number of aromatic nitrogens is 2. The molecule has 2 aromatic carbocycles. The van der Waals surface area contributed by atoms with Crippen LogP contribution in [-0.2, 0) is 6.54 Å². The average molecular weight is 445 g/mol. The molecule has 0 unspecified atom stereocenters. The monoisotopic (exact) mass is 445 g/mol. The second-order valence-corrected chi connectivity index (χ2v) is 7.82. The largest absolute Gasteiger partial charge is 0.448 e. The van der Waals surface area contributed by atoms with Gasteiger partial charge in [0.1, 0.15) is 11.6 Å². The summed E-state index contributed by atoms with van der Waals surface area (Å²) in [6.45, 7) is 3.97. The Balaban J connectivity index is 1.45. The summed E-state index contributed by atoms with van der Waals surface area (Å²) in [5.74, 6) is 0.166. The first-order valence-electron chi connectivity index (χ1n) is 10.3. The van der Waals surface area contributed by atoms with Gasteiger partial charge in [0.2, 0.25) is 5.88 Å². The van der Waals surface area contributed by atoms with Crippen molar-refractivity contribution in [3.63, 3.8) is 0 Å². The van der Waals surface area contributed by atoms with Gasteiger partial charge in [0.25, 0.3) is 5.91 Å². The van der Waals surface area contributed by atoms with Gasteiger partial charge >= 0.3 is 6.03 Å². The number of aryl methyl sites for hydroxylation is 2. The summed E-state index contributed by atoms with van der Waals surface area (Å²) < 4.78 is 20.3. The Hall–Kier alpha value is -4.40. The zero-order valence-electron chi connectivity index (χ0n) is 17.9. The average Bonchev–Trinajstić information content (AvgIpc) is 3.49. The van der Waals surface area contributed by atoms with Gasteiger partial charge in [-0.15, -0.1) is 0 Å². The number of anilines is 2. The number of H-pyrrole nitrogens is 1. The van der Waals surface area contributed by atoms with E-state index in [1.54, 1.807) is 43.5 Å². The summed E-state index contributed by atoms with van der Waals surface area (Å²) in [5.41, 5.74) is 4.73. The fraction of sp³-hybridized carbons (Fsp3) is 0.125. The van der Waals surface area contributed by atoms with Crippen LogP contribution >= 0.6 is 0 Å². The van der Waals surface area contributed by atoms with Crippen LogP contribution in [-0.4, -0.2) is 21.9 Å². The molecule has 0 atom stereocenters. The van der Waals surface area contributed by atoms with Gasteiger partial charge in [-0.25, -0.2) is 14.2 Å². The smallest absolute Gasteiger partial charge is 0.326 e. The van der Waals surface area contributed by atoms with Crippen LogP contribution in [0.25, 0.3) is 22.5 Å². The predicted molar refractivity (Wildman–Crippen MR) is 121 cm³/mol. The number of carbonyl (C=O) groups excluding carboxylic acids is 2. The Morgan fingerprint density at radius 2 is 1.88 bits per heavy atom. The Morgan fingerprint density at radius 3 is 2.58 bits per heavy atom. The van der Waals surface area contributed by atoms with E-state index in [1.165, 1.54) is 12.3 Å². The summed E-state index contributed by atoms with van der Waals surface area (Å²) in [4.78, 5) is 32.2. The van der Waals surface area contributed by atoms with Gasteiger partial charge in [0.15, 0.2) is 0 Å². The lowest BCUT2D eigenvalue weighted by Gasteiger charge is -2.13. The first kappa shape index (κ1) is 20.5. The van der Waals surface area contributed by atoms with Crippen LogP contribution in [0.15, 0.2) is 53.3 Å². The van der Waals surface area contributed by atoms with Crippen molar-refractivity contribution < 1.29 is 18.4 Å². The van der Waals surface area contributed by atoms with Crippen molar-refractivity contribution >= 4 is 23.5 Å². The van der Waals surface area contributed by atoms with E-state index in [2.05, 4.69) is 25.9 Å². The molecular formula is C24H20FN5O3. The Bertz CT molecular complexity index is 1410. The molecule has 0 saturated heterocycles. The number of imidazole rings is 1. The maximum Gasteiger partial charge on any atom is 0.326 e. The molecule has 8 nitrogen and oxygen atoms in total. The molecule has 2 aromatic heterocycles. The fourth-order valence-electron chi connectivity index (χ4n) is 3.92. The van der Waals surface area contributed by atoms with E-state index in [0.29, 0.717) is 46.1 Å². The lowest BCUT2D eigenvalue weighted by atomic mass is 9.92. The third-order valence-electron chi connectivity index (χ3n) is 5.53. The van der Waals surface area contributed by atoms with Crippen molar-refractivity contribution in [1.82, 2.24) is 15.3 Å². The molecule has 3 amide bonds. The van der Waals surface area contributed by atoms with E-state index in [1.807, 2.05) is 6.92 Å². The van der Waals surface area contributed by atoms with E-state index < -0.39 is 11.8 Å². The van der Waals surface area contributed by atoms with Crippen LogP contribution in [0.4, 0.5) is 20.8 Å². The molecule has 0 radical (unpaired) electrons. The standard InChI is InChI=1S/C24H20FN5O3/c1-12-7-8-33-23(12)30-24(32)29-14-3-4-16(19(25)9-14)15-5-6-17(21-26-10-13(2)28-21)20-18(15)11-27-22(20)31/h3-10H,11H2,1-2H3,(H,26,28)(H,27,31)(H2,29,30,32). The van der Waals surface area contributed by atoms with E-state index in [9.17, 15) is 9.59 Å². The van der Waals surface area contributed by atoms with E-state index >= 15 is 4.39 Å². The molecular weight excluding hydrogens is 425 g/mol. The minimum absolute atomic E-state index is 0.223. The number of furan rings is 1. The highest BCUT2D eigenvalue weighted by molar-refractivity contribution is 6.06. The summed E-state index contributed by atoms with van der Waals surface area (Å²) >= 11 is 0. The van der Waals surface area contributed by atoms with Crippen molar-refractivity contribution in [1.29, 1.82) is 0 Å². The van der Waals surface area contributed by atoms with Gasteiger partial charge in [0, 0.05) is 40.8 Å². The zero-order valence-corrected chi connectivity index (χ0v) is 17.9. The number of amides is 3. The fourth-order valence-corrected chi connectivity index (χ4v) is 3.92. The number of nitrogens with one attached hydrogen (secondary N) is 4. The van der Waals surface area contributed by atoms with Gasteiger partial charge in [0.05, 0.1) is 11.8 Å². The number of benzene rings is 2. The maximum absolute atomic E-state index is 15.1. The minimum atomic E-state index is -0.547. The van der Waals surface area contributed by atoms with Crippen LogP contribution in [0.1, 0.15) is 27.2 Å². The maximum atomic E-state index is 15.1. The SMILES string of the molecule is Cc1cnc(-c2ccc(-c3ccc(NC(=O)Nc4occc4C)cc3F)c3c2C(=O)NC3)[nH]1. The number of rotatable bonds is 4. The molecule has 3 heterocycles. The van der Waals surface area contributed by atoms with Gasteiger partial charge < -0.3 is 20.0 Å². The molecule has 0 spiro atoms. The summed E-state index contributed by atoms with van der Waals surface area (Å²) in [6, 6.07) is 9.15. The third-order valence-corrected chi connectivity index (χ3v) is 5.53. The minimum Gasteiger partial charge on any atom is -0.448 e. The van der Waals surface area contributed by atoms with Crippen LogP contribution < -0.4 is 16.0 Å². The van der Waals surface area contributed by atoms with Crippen LogP contribution in [0.3, 0.4) is 0 Å². The molecule has 4 aromatic rings. The Labute approximate surface area is 188 Å². The lowest BCUT2D eigenvalue weighted by Crippen LogP contribution is -2.19. The zero-order chi connectivity index (χ0) is 23.1. The Morgan fingerprint density at radius 1 is 1.09 bits per heavy atom. The van der Waals surface area contributed by atoms with Crippen LogP contribution in [0, 0.1) is 19.7 Å². The first-order valence-corrected chi connectivity index (χ1v) is 10.3. The Kier molecular flexibility index (Phi) is 4.93. The van der Waals surface area contributed by atoms with E-state index in [4.69, 9.17) is 4.42 Å². The molecule has 166 valence electrons. The quantitative estimate of drug-likeness (QED) is 0.355. The van der Waals surface area contributed by atoms with E-state index in [0.717, 1.165) is 11.3 Å². The summed E-state index contributed by atoms with van der Waals surface area (Å²) in [7, 11) is 0. The molecule has 4 N–H and O–H groups in total. The lowest BCUT2D eigenvalue weighted by molar-refractivity contribution is 0.0966. The summed E-state index contributed by atoms with van der Waals surface area (Å²) in [6.07, 6.45) is 3.16. The molecule has 0 bridgehead atoms. The van der Waals surface area contributed by atoms with Gasteiger partial charge in [-0.1, -0.05) is 6.07 Å². The number of fused-ring (bicyclic) bond motifs is 1. The first-order chi connectivity index (χ1) is 15.9.